The number of hydrogen-bond acceptors (Lipinski definition) is 5. The Labute approximate surface area is 181 Å². The zero-order valence-electron chi connectivity index (χ0n) is 18.2. The molecule has 0 aromatic heterocycles. The highest BCUT2D eigenvalue weighted by Crippen LogP contribution is 2.37. The van der Waals surface area contributed by atoms with Crippen LogP contribution in [0.25, 0.3) is 0 Å². The van der Waals surface area contributed by atoms with Crippen LogP contribution in [0.1, 0.15) is 33.6 Å². The molecule has 2 aromatic carbocycles. The molecule has 0 N–H and O–H groups in total. The zero-order valence-corrected chi connectivity index (χ0v) is 20.0. The molecular weight excluding hydrogens is 416 g/mol. The molecule has 0 unspecified atom stereocenters. The first-order valence-corrected chi connectivity index (χ1v) is 14.1. The molecule has 0 radical (unpaired) electrons. The second-order valence-corrected chi connectivity index (χ2v) is 14.8. The van der Waals surface area contributed by atoms with E-state index in [2.05, 4.69) is 69.3 Å². The van der Waals surface area contributed by atoms with E-state index in [0.717, 1.165) is 6.26 Å². The van der Waals surface area contributed by atoms with Gasteiger partial charge < -0.3 is 9.16 Å². The molecule has 5 nitrogen and oxygen atoms in total. The maximum atomic E-state index is 11.4. The van der Waals surface area contributed by atoms with Gasteiger partial charge in [0.1, 0.15) is 6.10 Å². The van der Waals surface area contributed by atoms with Crippen LogP contribution in [0.2, 0.25) is 5.04 Å². The molecule has 1 aliphatic heterocycles. The average Bonchev–Trinajstić information content (AvgIpc) is 2.69. The molecule has 0 amide bonds. The van der Waals surface area contributed by atoms with E-state index in [9.17, 15) is 8.42 Å². The van der Waals surface area contributed by atoms with E-state index in [0.29, 0.717) is 19.4 Å². The summed E-state index contributed by atoms with van der Waals surface area (Å²) in [7, 11) is -6.07. The quantitative estimate of drug-likeness (QED) is 0.481. The number of hydrogen-bond donors (Lipinski definition) is 0. The van der Waals surface area contributed by atoms with Gasteiger partial charge in [0.15, 0.2) is 0 Å². The van der Waals surface area contributed by atoms with E-state index in [-0.39, 0.29) is 17.7 Å². The zero-order chi connectivity index (χ0) is 21.8. The van der Waals surface area contributed by atoms with E-state index in [1.807, 2.05) is 12.1 Å². The Kier molecular flexibility index (Phi) is 7.19. The summed E-state index contributed by atoms with van der Waals surface area (Å²) in [5.74, 6) is 0. The predicted molar refractivity (Wildman–Crippen MR) is 122 cm³/mol. The van der Waals surface area contributed by atoms with Gasteiger partial charge in [-0.2, -0.15) is 8.42 Å². The fourth-order valence-electron chi connectivity index (χ4n) is 4.22. The molecule has 2 atom stereocenters. The van der Waals surface area contributed by atoms with E-state index >= 15 is 0 Å². The Morgan fingerprint density at radius 1 is 0.967 bits per heavy atom. The van der Waals surface area contributed by atoms with Gasteiger partial charge in [-0.25, -0.2) is 0 Å². The molecule has 164 valence electrons. The number of benzene rings is 2. The summed E-state index contributed by atoms with van der Waals surface area (Å²) in [5.41, 5.74) is 0. The monoisotopic (exact) mass is 448 g/mol. The lowest BCUT2D eigenvalue weighted by molar-refractivity contribution is -0.0610. The largest absolute Gasteiger partial charge is 0.405 e. The van der Waals surface area contributed by atoms with Crippen LogP contribution in [0, 0.1) is 0 Å². The van der Waals surface area contributed by atoms with Gasteiger partial charge in [-0.1, -0.05) is 81.4 Å². The van der Waals surface area contributed by atoms with Gasteiger partial charge >= 0.3 is 0 Å². The van der Waals surface area contributed by atoms with Gasteiger partial charge in [0.2, 0.25) is 0 Å². The van der Waals surface area contributed by atoms with Crippen molar-refractivity contribution in [1.82, 2.24) is 0 Å². The van der Waals surface area contributed by atoms with Gasteiger partial charge in [-0.3, -0.25) is 4.18 Å². The lowest BCUT2D eigenvalue weighted by Gasteiger charge is -2.44. The first-order valence-electron chi connectivity index (χ1n) is 10.4. The molecule has 1 fully saturated rings. The first kappa shape index (κ1) is 23.2. The molecular formula is C23H32O5SSi. The summed E-state index contributed by atoms with van der Waals surface area (Å²) in [5, 5.41) is 2.38. The van der Waals surface area contributed by atoms with E-state index < -0.39 is 24.5 Å². The summed E-state index contributed by atoms with van der Waals surface area (Å²) in [6, 6.07) is 21.0. The van der Waals surface area contributed by atoms with E-state index in [1.54, 1.807) is 0 Å². The molecule has 0 aliphatic carbocycles. The molecule has 1 aliphatic rings. The smallest absolute Gasteiger partial charge is 0.264 e. The Morgan fingerprint density at radius 3 is 1.90 bits per heavy atom. The highest BCUT2D eigenvalue weighted by atomic mass is 32.2. The van der Waals surface area contributed by atoms with Crippen molar-refractivity contribution in [2.45, 2.75) is 50.9 Å². The van der Waals surface area contributed by atoms with Crippen LogP contribution in [0.15, 0.2) is 60.7 Å². The molecule has 0 bridgehead atoms. The second kappa shape index (κ2) is 9.32. The van der Waals surface area contributed by atoms with E-state index in [4.69, 9.17) is 13.3 Å². The summed E-state index contributed by atoms with van der Waals surface area (Å²) in [4.78, 5) is 0. The van der Waals surface area contributed by atoms with Crippen LogP contribution in [0.3, 0.4) is 0 Å². The lowest BCUT2D eigenvalue weighted by atomic mass is 10.1. The molecule has 1 heterocycles. The fourth-order valence-corrected chi connectivity index (χ4v) is 9.45. The minimum atomic E-state index is -3.47. The number of rotatable bonds is 7. The molecule has 2 aromatic rings. The minimum absolute atomic E-state index is 0.0777. The average molecular weight is 449 g/mol. The van der Waals surface area contributed by atoms with Gasteiger partial charge in [-0.05, 0) is 28.3 Å². The van der Waals surface area contributed by atoms with Gasteiger partial charge in [0.05, 0.1) is 25.6 Å². The normalized spacial score (nSPS) is 20.8. The molecule has 0 spiro atoms. The Balaban J connectivity index is 1.83. The Morgan fingerprint density at radius 2 is 1.50 bits per heavy atom. The minimum Gasteiger partial charge on any atom is -0.405 e. The predicted octanol–water partition coefficient (Wildman–Crippen LogP) is 3.09. The van der Waals surface area contributed by atoms with Gasteiger partial charge in [0, 0.05) is 0 Å². The Hall–Kier alpha value is -1.51. The van der Waals surface area contributed by atoms with Crippen LogP contribution in [-0.2, 0) is 23.5 Å². The molecule has 1 saturated heterocycles. The van der Waals surface area contributed by atoms with Gasteiger partial charge in [-0.15, -0.1) is 0 Å². The highest BCUT2D eigenvalue weighted by molar-refractivity contribution is 7.86. The summed E-state index contributed by atoms with van der Waals surface area (Å²) >= 11 is 0. The van der Waals surface area contributed by atoms with Crippen LogP contribution in [0.4, 0.5) is 0 Å². The molecule has 7 heteroatoms. The maximum absolute atomic E-state index is 11.4. The van der Waals surface area contributed by atoms with Crippen molar-refractivity contribution < 1.29 is 21.8 Å². The maximum Gasteiger partial charge on any atom is 0.264 e. The number of ether oxygens (including phenoxy) is 1. The summed E-state index contributed by atoms with van der Waals surface area (Å²) < 4.78 is 40.6. The second-order valence-electron chi connectivity index (χ2n) is 8.93. The van der Waals surface area contributed by atoms with Gasteiger partial charge in [0.25, 0.3) is 18.4 Å². The topological polar surface area (TPSA) is 61.8 Å². The van der Waals surface area contributed by atoms with E-state index in [1.165, 1.54) is 10.4 Å². The van der Waals surface area contributed by atoms with Crippen LogP contribution in [-0.4, -0.2) is 48.4 Å². The van der Waals surface area contributed by atoms with Crippen molar-refractivity contribution in [3.63, 3.8) is 0 Å². The highest BCUT2D eigenvalue weighted by Gasteiger charge is 2.50. The van der Waals surface area contributed by atoms with Crippen LogP contribution < -0.4 is 10.4 Å². The standard InChI is InChI=1S/C23H32O5SSi/c1-23(2,3)30(21-11-7-5-8-12-21,22-13-9-6-10-14-22)27-18-19-15-16-20(17-26-19)28-29(4,24)25/h5-14,19-20H,15-18H2,1-4H3/t19-,20-/m0/s1. The van der Waals surface area contributed by atoms with Crippen LogP contribution >= 0.6 is 0 Å². The van der Waals surface area contributed by atoms with Crippen LogP contribution in [0.5, 0.6) is 0 Å². The Bertz CT molecular complexity index is 862. The first-order chi connectivity index (χ1) is 14.1. The molecule has 30 heavy (non-hydrogen) atoms. The van der Waals surface area contributed by atoms with Crippen molar-refractivity contribution in [3.8, 4) is 0 Å². The van der Waals surface area contributed by atoms with Crippen molar-refractivity contribution >= 4 is 28.8 Å². The fraction of sp³-hybridized carbons (Fsp3) is 0.478. The third-order valence-corrected chi connectivity index (χ3v) is 11.2. The molecule has 0 saturated carbocycles. The summed E-state index contributed by atoms with van der Waals surface area (Å²) in [6.07, 6.45) is 1.93. The van der Waals surface area contributed by atoms with Crippen molar-refractivity contribution in [2.75, 3.05) is 19.5 Å². The molecule has 3 rings (SSSR count). The van der Waals surface area contributed by atoms with Crippen molar-refractivity contribution in [3.05, 3.63) is 60.7 Å². The third kappa shape index (κ3) is 5.39. The SMILES string of the molecule is CC(C)(C)[Si](OC[C@@H]1CC[C@H](OS(C)(=O)=O)CO1)(c1ccccc1)c1ccccc1. The van der Waals surface area contributed by atoms with Crippen molar-refractivity contribution in [1.29, 1.82) is 0 Å². The summed E-state index contributed by atoms with van der Waals surface area (Å²) in [6.45, 7) is 7.48. The third-order valence-electron chi connectivity index (χ3n) is 5.54. The lowest BCUT2D eigenvalue weighted by Crippen LogP contribution is -2.67. The van der Waals surface area contributed by atoms with Crippen molar-refractivity contribution in [2.24, 2.45) is 0 Å².